The van der Waals surface area contributed by atoms with Gasteiger partial charge in [0, 0.05) is 11.1 Å². The number of hydrogen-bond acceptors (Lipinski definition) is 3. The van der Waals surface area contributed by atoms with E-state index in [1.54, 1.807) is 0 Å². The van der Waals surface area contributed by atoms with Crippen molar-refractivity contribution in [3.05, 3.63) is 24.3 Å². The average molecular weight is 207 g/mol. The Labute approximate surface area is 91.9 Å². The van der Waals surface area contributed by atoms with E-state index in [0.29, 0.717) is 0 Å². The molecule has 0 saturated heterocycles. The number of nitrogen functional groups attached to an aromatic ring is 1. The monoisotopic (exact) mass is 207 g/mol. The minimum atomic E-state index is -0.324. The van der Waals surface area contributed by atoms with Crippen LogP contribution in [0.2, 0.25) is 0 Å². The summed E-state index contributed by atoms with van der Waals surface area (Å²) in [4.78, 5) is 0. The van der Waals surface area contributed by atoms with Crippen LogP contribution in [0.15, 0.2) is 24.3 Å². The van der Waals surface area contributed by atoms with Gasteiger partial charge in [0.15, 0.2) is 0 Å². The molecule has 0 aliphatic rings. The molecule has 0 spiro atoms. The third-order valence-corrected chi connectivity index (χ3v) is 3.02. The number of rotatable bonds is 3. The van der Waals surface area contributed by atoms with E-state index in [0.717, 1.165) is 11.4 Å². The molecule has 0 atom stereocenters. The first-order chi connectivity index (χ1) is 6.74. The van der Waals surface area contributed by atoms with Gasteiger partial charge >= 0.3 is 0 Å². The van der Waals surface area contributed by atoms with Crippen LogP contribution >= 0.6 is 0 Å². The highest BCUT2D eigenvalue weighted by atomic mass is 15.0. The second kappa shape index (κ2) is 3.74. The highest BCUT2D eigenvalue weighted by Crippen LogP contribution is 2.27. The van der Waals surface area contributed by atoms with Gasteiger partial charge < -0.3 is 16.8 Å². The van der Waals surface area contributed by atoms with Crippen molar-refractivity contribution in [3.8, 4) is 0 Å². The van der Waals surface area contributed by atoms with Gasteiger partial charge in [-0.15, -0.1) is 0 Å². The van der Waals surface area contributed by atoms with Crippen LogP contribution in [0, 0.1) is 0 Å². The minimum absolute atomic E-state index is 0.220. The number of nitrogens with two attached hydrogens (primary N) is 2. The number of anilines is 2. The van der Waals surface area contributed by atoms with Gasteiger partial charge in [0.2, 0.25) is 0 Å². The van der Waals surface area contributed by atoms with Crippen LogP contribution in [0.5, 0.6) is 0 Å². The molecule has 15 heavy (non-hydrogen) atoms. The van der Waals surface area contributed by atoms with Gasteiger partial charge in [-0.2, -0.15) is 0 Å². The maximum Gasteiger partial charge on any atom is 0.0578 e. The highest BCUT2D eigenvalue weighted by Gasteiger charge is 2.33. The van der Waals surface area contributed by atoms with E-state index >= 15 is 0 Å². The predicted octanol–water partition coefficient (Wildman–Crippen LogP) is 2.20. The van der Waals surface area contributed by atoms with Crippen LogP contribution in [-0.4, -0.2) is 11.1 Å². The largest absolute Gasteiger partial charge is 0.397 e. The first-order valence-corrected chi connectivity index (χ1v) is 5.15. The Morgan fingerprint density at radius 1 is 1.07 bits per heavy atom. The number of benzene rings is 1. The standard InChI is InChI=1S/C12H21N3/c1-11(2,14)12(3,4)15-10-8-6-5-7-9(10)13/h5-8,15H,13-14H2,1-4H3. The summed E-state index contributed by atoms with van der Waals surface area (Å²) in [6.45, 7) is 8.14. The fourth-order valence-corrected chi connectivity index (χ4v) is 1.11. The quantitative estimate of drug-likeness (QED) is 0.666. The Kier molecular flexibility index (Phi) is 2.95. The van der Waals surface area contributed by atoms with Crippen LogP contribution in [0.25, 0.3) is 0 Å². The molecule has 0 fully saturated rings. The van der Waals surface area contributed by atoms with Gasteiger partial charge in [0.05, 0.1) is 11.4 Å². The Morgan fingerprint density at radius 3 is 2.07 bits per heavy atom. The Bertz CT molecular complexity index is 337. The van der Waals surface area contributed by atoms with Crippen molar-refractivity contribution in [2.75, 3.05) is 11.1 Å². The summed E-state index contributed by atoms with van der Waals surface area (Å²) in [5.41, 5.74) is 13.1. The molecule has 1 aromatic carbocycles. The summed E-state index contributed by atoms with van der Waals surface area (Å²) >= 11 is 0. The molecule has 0 aliphatic heterocycles. The first-order valence-electron chi connectivity index (χ1n) is 5.15. The van der Waals surface area contributed by atoms with E-state index in [1.807, 2.05) is 38.1 Å². The first kappa shape index (κ1) is 11.9. The van der Waals surface area contributed by atoms with E-state index in [-0.39, 0.29) is 11.1 Å². The highest BCUT2D eigenvalue weighted by molar-refractivity contribution is 5.66. The molecule has 0 amide bonds. The second-order valence-electron chi connectivity index (χ2n) is 5.06. The fraction of sp³-hybridized carbons (Fsp3) is 0.500. The summed E-state index contributed by atoms with van der Waals surface area (Å²) in [6, 6.07) is 7.71. The zero-order chi connectivity index (χ0) is 11.7. The summed E-state index contributed by atoms with van der Waals surface area (Å²) in [5, 5.41) is 3.38. The normalized spacial score (nSPS) is 12.6. The van der Waals surface area contributed by atoms with Gasteiger partial charge in [-0.1, -0.05) is 12.1 Å². The van der Waals surface area contributed by atoms with Crippen molar-refractivity contribution in [2.24, 2.45) is 5.73 Å². The van der Waals surface area contributed by atoms with Crippen LogP contribution < -0.4 is 16.8 Å². The molecule has 84 valence electrons. The molecule has 0 aromatic heterocycles. The SMILES string of the molecule is CC(C)(N)C(C)(C)Nc1ccccc1N. The summed E-state index contributed by atoms with van der Waals surface area (Å²) in [6.07, 6.45) is 0. The maximum atomic E-state index is 6.11. The molecule has 0 heterocycles. The number of nitrogens with one attached hydrogen (secondary N) is 1. The molecule has 0 aliphatic carbocycles. The molecule has 1 rings (SSSR count). The maximum absolute atomic E-state index is 6.11. The molecule has 3 nitrogen and oxygen atoms in total. The van der Waals surface area contributed by atoms with Crippen LogP contribution in [0.3, 0.4) is 0 Å². The number of hydrogen-bond donors (Lipinski definition) is 3. The van der Waals surface area contributed by atoms with Crippen LogP contribution in [0.1, 0.15) is 27.7 Å². The summed E-state index contributed by atoms with van der Waals surface area (Å²) in [5.74, 6) is 0. The van der Waals surface area contributed by atoms with E-state index in [9.17, 15) is 0 Å². The molecule has 1 aromatic rings. The molecule has 0 bridgehead atoms. The Hall–Kier alpha value is -1.22. The Balaban J connectivity index is 2.92. The van der Waals surface area contributed by atoms with Gasteiger partial charge in [-0.3, -0.25) is 0 Å². The van der Waals surface area contributed by atoms with Crippen LogP contribution in [0.4, 0.5) is 11.4 Å². The van der Waals surface area contributed by atoms with E-state index < -0.39 is 0 Å². The van der Waals surface area contributed by atoms with Gasteiger partial charge in [-0.25, -0.2) is 0 Å². The lowest BCUT2D eigenvalue weighted by Gasteiger charge is -2.40. The minimum Gasteiger partial charge on any atom is -0.397 e. The van der Waals surface area contributed by atoms with E-state index in [4.69, 9.17) is 11.5 Å². The molecule has 5 N–H and O–H groups in total. The molecular formula is C12H21N3. The van der Waals surface area contributed by atoms with Crippen molar-refractivity contribution in [1.82, 2.24) is 0 Å². The van der Waals surface area contributed by atoms with Crippen molar-refractivity contribution in [1.29, 1.82) is 0 Å². The second-order valence-corrected chi connectivity index (χ2v) is 5.06. The zero-order valence-corrected chi connectivity index (χ0v) is 9.96. The molecule has 0 unspecified atom stereocenters. The lowest BCUT2D eigenvalue weighted by atomic mass is 9.83. The van der Waals surface area contributed by atoms with E-state index in [2.05, 4.69) is 19.2 Å². The van der Waals surface area contributed by atoms with Crippen molar-refractivity contribution in [2.45, 2.75) is 38.8 Å². The van der Waals surface area contributed by atoms with Gasteiger partial charge in [0.1, 0.15) is 0 Å². The summed E-state index contributed by atoms with van der Waals surface area (Å²) in [7, 11) is 0. The van der Waals surface area contributed by atoms with Gasteiger partial charge in [-0.05, 0) is 39.8 Å². The lowest BCUT2D eigenvalue weighted by Crippen LogP contribution is -2.57. The zero-order valence-electron chi connectivity index (χ0n) is 9.96. The smallest absolute Gasteiger partial charge is 0.0578 e. The van der Waals surface area contributed by atoms with E-state index in [1.165, 1.54) is 0 Å². The third-order valence-electron chi connectivity index (χ3n) is 3.02. The topological polar surface area (TPSA) is 64.1 Å². The van der Waals surface area contributed by atoms with Crippen molar-refractivity contribution < 1.29 is 0 Å². The third kappa shape index (κ3) is 2.63. The molecule has 0 saturated carbocycles. The number of para-hydroxylation sites is 2. The average Bonchev–Trinajstić information content (AvgIpc) is 2.06. The molecular weight excluding hydrogens is 186 g/mol. The predicted molar refractivity (Wildman–Crippen MR) is 66.8 cm³/mol. The van der Waals surface area contributed by atoms with Crippen molar-refractivity contribution in [3.63, 3.8) is 0 Å². The lowest BCUT2D eigenvalue weighted by molar-refractivity contribution is 0.337. The summed E-state index contributed by atoms with van der Waals surface area (Å²) < 4.78 is 0. The van der Waals surface area contributed by atoms with Crippen LogP contribution in [-0.2, 0) is 0 Å². The van der Waals surface area contributed by atoms with Gasteiger partial charge in [0.25, 0.3) is 0 Å². The molecule has 0 radical (unpaired) electrons. The fourth-order valence-electron chi connectivity index (χ4n) is 1.11. The van der Waals surface area contributed by atoms with Crippen molar-refractivity contribution >= 4 is 11.4 Å². The molecule has 3 heteroatoms. The Morgan fingerprint density at radius 2 is 1.60 bits per heavy atom.